The van der Waals surface area contributed by atoms with Crippen LogP contribution >= 0.6 is 24.0 Å². The Kier molecular flexibility index (Phi) is 9.87. The lowest BCUT2D eigenvalue weighted by Crippen LogP contribution is -2.51. The van der Waals surface area contributed by atoms with E-state index in [9.17, 15) is 8.78 Å². The lowest BCUT2D eigenvalue weighted by Gasteiger charge is -2.34. The van der Waals surface area contributed by atoms with Crippen molar-refractivity contribution >= 4 is 29.9 Å². The SMILES string of the molecule is CCNC(=NCc1ncc(C(C)(C)C)o1)NC1CCCN(Cc2c(F)cccc2F)C1.I. The third-order valence-electron chi connectivity index (χ3n) is 5.30. The Morgan fingerprint density at radius 3 is 2.62 bits per heavy atom. The highest BCUT2D eigenvalue weighted by Crippen LogP contribution is 2.23. The molecule has 1 fully saturated rings. The van der Waals surface area contributed by atoms with Gasteiger partial charge in [0.1, 0.15) is 23.9 Å². The monoisotopic (exact) mass is 561 g/mol. The van der Waals surface area contributed by atoms with Crippen LogP contribution in [-0.2, 0) is 18.5 Å². The van der Waals surface area contributed by atoms with Gasteiger partial charge >= 0.3 is 0 Å². The summed E-state index contributed by atoms with van der Waals surface area (Å²) in [6.07, 6.45) is 3.67. The first kappa shape index (κ1) is 26.5. The van der Waals surface area contributed by atoms with Crippen molar-refractivity contribution in [3.05, 3.63) is 53.2 Å². The van der Waals surface area contributed by atoms with E-state index in [2.05, 4.69) is 46.3 Å². The molecule has 2 N–H and O–H groups in total. The van der Waals surface area contributed by atoms with Crippen molar-refractivity contribution in [3.63, 3.8) is 0 Å². The molecular weight excluding hydrogens is 527 g/mol. The van der Waals surface area contributed by atoms with Crippen molar-refractivity contribution in [3.8, 4) is 0 Å². The lowest BCUT2D eigenvalue weighted by molar-refractivity contribution is 0.188. The predicted octanol–water partition coefficient (Wildman–Crippen LogP) is 4.59. The average Bonchev–Trinajstić information content (AvgIpc) is 3.19. The van der Waals surface area contributed by atoms with Crippen LogP contribution < -0.4 is 10.6 Å². The van der Waals surface area contributed by atoms with Gasteiger partial charge in [0.25, 0.3) is 0 Å². The molecule has 0 spiro atoms. The molecule has 32 heavy (non-hydrogen) atoms. The summed E-state index contributed by atoms with van der Waals surface area (Å²) in [5.41, 5.74) is 0.0308. The fraction of sp³-hybridized carbons (Fsp3) is 0.565. The summed E-state index contributed by atoms with van der Waals surface area (Å²) in [4.78, 5) is 11.0. The Hall–Kier alpha value is -1.75. The molecule has 6 nitrogen and oxygen atoms in total. The number of oxazole rings is 1. The first-order valence-electron chi connectivity index (χ1n) is 10.9. The van der Waals surface area contributed by atoms with Crippen molar-refractivity contribution in [2.24, 2.45) is 4.99 Å². The van der Waals surface area contributed by atoms with E-state index in [1.165, 1.54) is 18.2 Å². The number of nitrogens with zero attached hydrogens (tertiary/aromatic N) is 3. The largest absolute Gasteiger partial charge is 0.443 e. The second kappa shape index (κ2) is 11.9. The third-order valence-corrected chi connectivity index (χ3v) is 5.30. The topological polar surface area (TPSA) is 65.7 Å². The average molecular weight is 561 g/mol. The Labute approximate surface area is 206 Å². The van der Waals surface area contributed by atoms with Crippen molar-refractivity contribution in [1.29, 1.82) is 0 Å². The van der Waals surface area contributed by atoms with Crippen LogP contribution in [0.3, 0.4) is 0 Å². The number of hydrogen-bond acceptors (Lipinski definition) is 4. The minimum Gasteiger partial charge on any atom is -0.443 e. The van der Waals surface area contributed by atoms with Gasteiger partial charge in [-0.05, 0) is 38.4 Å². The summed E-state index contributed by atoms with van der Waals surface area (Å²) < 4.78 is 33.9. The molecule has 0 saturated carbocycles. The molecule has 3 rings (SSSR count). The highest BCUT2D eigenvalue weighted by molar-refractivity contribution is 14.0. The van der Waals surface area contributed by atoms with Crippen LogP contribution in [0.4, 0.5) is 8.78 Å². The number of aromatic nitrogens is 1. The van der Waals surface area contributed by atoms with Crippen LogP contribution in [0.5, 0.6) is 0 Å². The van der Waals surface area contributed by atoms with Crippen LogP contribution in [0.1, 0.15) is 57.8 Å². The number of benzene rings is 1. The van der Waals surface area contributed by atoms with Crippen molar-refractivity contribution < 1.29 is 13.2 Å². The van der Waals surface area contributed by atoms with Crippen LogP contribution in [0.25, 0.3) is 0 Å². The van der Waals surface area contributed by atoms with Gasteiger partial charge in [0.05, 0.1) is 6.20 Å². The molecule has 1 aliphatic heterocycles. The number of rotatable bonds is 6. The maximum absolute atomic E-state index is 14.0. The Balaban J connectivity index is 0.00000363. The molecule has 0 aliphatic carbocycles. The van der Waals surface area contributed by atoms with Gasteiger partial charge in [0, 0.05) is 36.7 Å². The Morgan fingerprint density at radius 1 is 1.28 bits per heavy atom. The van der Waals surface area contributed by atoms with E-state index in [1.807, 2.05) is 6.92 Å². The molecule has 2 aromatic rings. The first-order chi connectivity index (χ1) is 14.8. The fourth-order valence-corrected chi connectivity index (χ4v) is 3.61. The Morgan fingerprint density at radius 2 is 2.00 bits per heavy atom. The van der Waals surface area contributed by atoms with Gasteiger partial charge in [-0.3, -0.25) is 4.90 Å². The zero-order chi connectivity index (χ0) is 22.4. The molecule has 0 amide bonds. The number of piperidine rings is 1. The summed E-state index contributed by atoms with van der Waals surface area (Å²) in [5.74, 6) is 1.10. The van der Waals surface area contributed by atoms with Gasteiger partial charge < -0.3 is 15.1 Å². The van der Waals surface area contributed by atoms with Crippen LogP contribution in [-0.4, -0.2) is 41.5 Å². The standard InChI is InChI=1S/C23H33F2N5O.HI/c1-5-26-22(28-13-21-27-12-20(31-21)23(2,3)4)29-16-8-7-11-30(14-16)15-17-18(24)9-6-10-19(17)25;/h6,9-10,12,16H,5,7-8,11,13-15H2,1-4H3,(H2,26,28,29);1H. The maximum Gasteiger partial charge on any atom is 0.216 e. The second-order valence-corrected chi connectivity index (χ2v) is 8.98. The highest BCUT2D eigenvalue weighted by Gasteiger charge is 2.23. The van der Waals surface area contributed by atoms with E-state index < -0.39 is 11.6 Å². The van der Waals surface area contributed by atoms with Gasteiger partial charge in [-0.25, -0.2) is 18.8 Å². The van der Waals surface area contributed by atoms with E-state index in [1.54, 1.807) is 6.20 Å². The Bertz CT molecular complexity index is 877. The molecule has 1 aromatic carbocycles. The van der Waals surface area contributed by atoms with E-state index >= 15 is 0 Å². The van der Waals surface area contributed by atoms with Gasteiger partial charge in [0.2, 0.25) is 5.89 Å². The molecular formula is C23H34F2IN5O. The molecule has 0 radical (unpaired) electrons. The molecule has 1 unspecified atom stereocenters. The van der Waals surface area contributed by atoms with Crippen molar-refractivity contribution in [1.82, 2.24) is 20.5 Å². The molecule has 178 valence electrons. The molecule has 1 atom stereocenters. The summed E-state index contributed by atoms with van der Waals surface area (Å²) in [7, 11) is 0. The molecule has 9 heteroatoms. The van der Waals surface area contributed by atoms with Crippen molar-refractivity contribution in [2.75, 3.05) is 19.6 Å². The molecule has 0 bridgehead atoms. The predicted molar refractivity (Wildman–Crippen MR) is 133 cm³/mol. The summed E-state index contributed by atoms with van der Waals surface area (Å²) in [6, 6.07) is 4.14. The third kappa shape index (κ3) is 7.40. The van der Waals surface area contributed by atoms with Crippen LogP contribution in [0, 0.1) is 11.6 Å². The summed E-state index contributed by atoms with van der Waals surface area (Å²) in [5, 5.41) is 6.70. The first-order valence-corrected chi connectivity index (χ1v) is 10.9. The highest BCUT2D eigenvalue weighted by atomic mass is 127. The van der Waals surface area contributed by atoms with E-state index in [0.29, 0.717) is 24.9 Å². The smallest absolute Gasteiger partial charge is 0.216 e. The van der Waals surface area contributed by atoms with E-state index in [4.69, 9.17) is 4.42 Å². The number of hydrogen-bond donors (Lipinski definition) is 2. The minimum atomic E-state index is -0.495. The van der Waals surface area contributed by atoms with E-state index in [0.717, 1.165) is 31.7 Å². The van der Waals surface area contributed by atoms with Gasteiger partial charge in [0.15, 0.2) is 5.96 Å². The van der Waals surface area contributed by atoms with Crippen LogP contribution in [0.2, 0.25) is 0 Å². The quantitative estimate of drug-likeness (QED) is 0.307. The molecule has 2 heterocycles. The van der Waals surface area contributed by atoms with Crippen molar-refractivity contribution in [2.45, 2.75) is 65.1 Å². The second-order valence-electron chi connectivity index (χ2n) is 8.98. The summed E-state index contributed by atoms with van der Waals surface area (Å²) >= 11 is 0. The zero-order valence-corrected chi connectivity index (χ0v) is 21.6. The van der Waals surface area contributed by atoms with Gasteiger partial charge in [-0.15, -0.1) is 24.0 Å². The van der Waals surface area contributed by atoms with Crippen LogP contribution in [0.15, 0.2) is 33.8 Å². The molecule has 1 aromatic heterocycles. The number of guanidine groups is 1. The number of aliphatic imine (C=N–C) groups is 1. The number of halogens is 3. The number of likely N-dealkylation sites (tertiary alicyclic amines) is 1. The van der Waals surface area contributed by atoms with Gasteiger partial charge in [-0.2, -0.15) is 0 Å². The fourth-order valence-electron chi connectivity index (χ4n) is 3.61. The number of nitrogens with one attached hydrogen (secondary N) is 2. The van der Waals surface area contributed by atoms with Gasteiger partial charge in [-0.1, -0.05) is 26.8 Å². The zero-order valence-electron chi connectivity index (χ0n) is 19.3. The normalized spacial score (nSPS) is 17.7. The molecule has 1 aliphatic rings. The molecule has 1 saturated heterocycles. The summed E-state index contributed by atoms with van der Waals surface area (Å²) in [6.45, 7) is 11.1. The lowest BCUT2D eigenvalue weighted by atomic mass is 9.94. The maximum atomic E-state index is 14.0. The van der Waals surface area contributed by atoms with E-state index in [-0.39, 0.29) is 47.5 Å². The minimum absolute atomic E-state index is 0.